The predicted octanol–water partition coefficient (Wildman–Crippen LogP) is 2.20. The first-order valence-corrected chi connectivity index (χ1v) is 8.17. The number of carbonyl (C=O) groups is 3. The van der Waals surface area contributed by atoms with Crippen molar-refractivity contribution in [3.63, 3.8) is 0 Å². The van der Waals surface area contributed by atoms with E-state index in [1.54, 1.807) is 24.3 Å². The van der Waals surface area contributed by atoms with Crippen molar-refractivity contribution >= 4 is 34.9 Å². The van der Waals surface area contributed by atoms with Crippen LogP contribution in [0.4, 0.5) is 11.4 Å². The monoisotopic (exact) mass is 381 g/mol. The first kappa shape index (κ1) is 18.8. The maximum absolute atomic E-state index is 12.3. The Morgan fingerprint density at radius 1 is 1.11 bits per heavy atom. The van der Waals surface area contributed by atoms with Gasteiger partial charge in [0.05, 0.1) is 4.92 Å². The third-order valence-corrected chi connectivity index (χ3v) is 4.07. The van der Waals surface area contributed by atoms with Crippen molar-refractivity contribution < 1.29 is 24.0 Å². The van der Waals surface area contributed by atoms with Gasteiger partial charge in [0.25, 0.3) is 17.5 Å². The molecule has 0 bridgehead atoms. The van der Waals surface area contributed by atoms with Crippen LogP contribution in [0.2, 0.25) is 0 Å². The van der Waals surface area contributed by atoms with Crippen molar-refractivity contribution in [3.05, 3.63) is 76.4 Å². The molecule has 0 saturated heterocycles. The molecular formula is C19H15N3O6. The Morgan fingerprint density at radius 3 is 2.43 bits per heavy atom. The lowest BCUT2D eigenvalue weighted by molar-refractivity contribution is -0.383. The number of amides is 2. The number of para-hydroxylation sites is 2. The summed E-state index contributed by atoms with van der Waals surface area (Å²) >= 11 is 0. The summed E-state index contributed by atoms with van der Waals surface area (Å²) in [4.78, 5) is 47.8. The minimum Gasteiger partial charge on any atom is -0.454 e. The Morgan fingerprint density at radius 2 is 1.75 bits per heavy atom. The van der Waals surface area contributed by atoms with Gasteiger partial charge < -0.3 is 10.1 Å². The van der Waals surface area contributed by atoms with Crippen molar-refractivity contribution in [2.45, 2.75) is 0 Å². The average Bonchev–Trinajstić information content (AvgIpc) is 2.92. The fourth-order valence-corrected chi connectivity index (χ4v) is 2.75. The fourth-order valence-electron chi connectivity index (χ4n) is 2.75. The van der Waals surface area contributed by atoms with Gasteiger partial charge in [-0.3, -0.25) is 29.4 Å². The first-order valence-electron chi connectivity index (χ1n) is 8.17. The molecule has 0 spiro atoms. The van der Waals surface area contributed by atoms with Crippen LogP contribution in [0.1, 0.15) is 15.9 Å². The highest BCUT2D eigenvalue weighted by Gasteiger charge is 2.32. The van der Waals surface area contributed by atoms with Gasteiger partial charge in [-0.1, -0.05) is 36.9 Å². The summed E-state index contributed by atoms with van der Waals surface area (Å²) in [6, 6.07) is 12.4. The van der Waals surface area contributed by atoms with Gasteiger partial charge in [0, 0.05) is 22.9 Å². The molecule has 2 aromatic rings. The lowest BCUT2D eigenvalue weighted by atomic mass is 10.1. The largest absolute Gasteiger partial charge is 0.454 e. The number of nitrogens with zero attached hydrogens (tertiary/aromatic N) is 2. The highest BCUT2D eigenvalue weighted by atomic mass is 16.6. The maximum atomic E-state index is 12.3. The smallest absolute Gasteiger partial charge is 0.326 e. The first-order chi connectivity index (χ1) is 13.4. The molecule has 1 aliphatic heterocycles. The van der Waals surface area contributed by atoms with Crippen LogP contribution in [0.25, 0.3) is 5.70 Å². The number of anilines is 1. The molecule has 2 aromatic carbocycles. The quantitative estimate of drug-likeness (QED) is 0.465. The fraction of sp³-hybridized carbons (Fsp3) is 0.105. The van der Waals surface area contributed by atoms with Gasteiger partial charge in [0.2, 0.25) is 0 Å². The number of hydrogen-bond donors (Lipinski definition) is 1. The molecule has 142 valence electrons. The Kier molecular flexibility index (Phi) is 5.16. The van der Waals surface area contributed by atoms with Crippen LogP contribution in [0, 0.1) is 10.1 Å². The molecule has 1 N–H and O–H groups in total. The standard InChI is InChI=1S/C19H15N3O6/c1-12-13-6-2-3-7-14(13)19(25)21(12)10-18(24)28-11-17(23)20-15-8-4-5-9-16(15)22(26)27/h2-9H,1,10-11H2,(H,20,23). The molecule has 0 saturated carbocycles. The lowest BCUT2D eigenvalue weighted by Gasteiger charge is -2.16. The minimum absolute atomic E-state index is 0.00732. The molecule has 0 unspecified atom stereocenters. The average molecular weight is 381 g/mol. The highest BCUT2D eigenvalue weighted by Crippen LogP contribution is 2.30. The van der Waals surface area contributed by atoms with E-state index in [9.17, 15) is 24.5 Å². The second-order valence-electron chi connectivity index (χ2n) is 5.87. The van der Waals surface area contributed by atoms with Gasteiger partial charge in [-0.05, 0) is 12.1 Å². The molecule has 9 nitrogen and oxygen atoms in total. The number of fused-ring (bicyclic) bond motifs is 1. The summed E-state index contributed by atoms with van der Waals surface area (Å²) in [5, 5.41) is 13.3. The summed E-state index contributed by atoms with van der Waals surface area (Å²) in [5.41, 5.74) is 1.16. The van der Waals surface area contributed by atoms with Gasteiger partial charge in [0.15, 0.2) is 6.61 Å². The number of rotatable bonds is 6. The number of ether oxygens (including phenoxy) is 1. The number of nitro benzene ring substituents is 1. The molecule has 1 heterocycles. The molecule has 0 radical (unpaired) electrons. The van der Waals surface area contributed by atoms with Crippen molar-refractivity contribution in [1.29, 1.82) is 0 Å². The van der Waals surface area contributed by atoms with Crippen molar-refractivity contribution in [2.75, 3.05) is 18.5 Å². The molecule has 28 heavy (non-hydrogen) atoms. The van der Waals surface area contributed by atoms with E-state index >= 15 is 0 Å². The van der Waals surface area contributed by atoms with Gasteiger partial charge >= 0.3 is 5.97 Å². The maximum Gasteiger partial charge on any atom is 0.326 e. The second-order valence-corrected chi connectivity index (χ2v) is 5.87. The summed E-state index contributed by atoms with van der Waals surface area (Å²) in [7, 11) is 0. The SMILES string of the molecule is C=C1c2ccccc2C(=O)N1CC(=O)OCC(=O)Nc1ccccc1[N+](=O)[O-]. The van der Waals surface area contributed by atoms with E-state index in [0.717, 1.165) is 0 Å². The number of hydrogen-bond acceptors (Lipinski definition) is 6. The summed E-state index contributed by atoms with van der Waals surface area (Å²) < 4.78 is 4.88. The molecule has 0 aromatic heterocycles. The van der Waals surface area contributed by atoms with Crippen LogP contribution < -0.4 is 5.32 Å². The summed E-state index contributed by atoms with van der Waals surface area (Å²) in [6.07, 6.45) is 0. The lowest BCUT2D eigenvalue weighted by Crippen LogP contribution is -2.32. The predicted molar refractivity (Wildman–Crippen MR) is 99.2 cm³/mol. The molecule has 0 aliphatic carbocycles. The van der Waals surface area contributed by atoms with E-state index < -0.39 is 30.0 Å². The third-order valence-electron chi connectivity index (χ3n) is 4.07. The van der Waals surface area contributed by atoms with Crippen molar-refractivity contribution in [1.82, 2.24) is 4.90 Å². The normalized spacial score (nSPS) is 12.5. The minimum atomic E-state index is -0.806. The molecule has 0 atom stereocenters. The van der Waals surface area contributed by atoms with Gasteiger partial charge in [0.1, 0.15) is 12.2 Å². The van der Waals surface area contributed by atoms with E-state index in [1.807, 2.05) is 0 Å². The zero-order chi connectivity index (χ0) is 20.3. The van der Waals surface area contributed by atoms with Crippen LogP contribution in [-0.4, -0.2) is 40.8 Å². The van der Waals surface area contributed by atoms with E-state index in [-0.39, 0.29) is 17.3 Å². The molecule has 2 amide bonds. The van der Waals surface area contributed by atoms with Crippen molar-refractivity contribution in [2.24, 2.45) is 0 Å². The number of esters is 1. The topological polar surface area (TPSA) is 119 Å². The zero-order valence-corrected chi connectivity index (χ0v) is 14.6. The van der Waals surface area contributed by atoms with Crippen LogP contribution in [0.5, 0.6) is 0 Å². The number of carbonyl (C=O) groups excluding carboxylic acids is 3. The van der Waals surface area contributed by atoms with E-state index in [4.69, 9.17) is 4.74 Å². The molecule has 3 rings (SSSR count). The third kappa shape index (κ3) is 3.73. The number of nitro groups is 1. The second kappa shape index (κ2) is 7.70. The highest BCUT2D eigenvalue weighted by molar-refractivity contribution is 6.10. The number of benzene rings is 2. The van der Waals surface area contributed by atoms with Crippen LogP contribution in [-0.2, 0) is 14.3 Å². The van der Waals surface area contributed by atoms with Crippen LogP contribution >= 0.6 is 0 Å². The van der Waals surface area contributed by atoms with Gasteiger partial charge in [-0.25, -0.2) is 0 Å². The van der Waals surface area contributed by atoms with E-state index in [0.29, 0.717) is 16.8 Å². The van der Waals surface area contributed by atoms with Crippen LogP contribution in [0.15, 0.2) is 55.1 Å². The molecule has 1 aliphatic rings. The summed E-state index contributed by atoms with van der Waals surface area (Å²) in [5.74, 6) is -1.92. The van der Waals surface area contributed by atoms with E-state index in [2.05, 4.69) is 11.9 Å². The van der Waals surface area contributed by atoms with E-state index in [1.165, 1.54) is 29.2 Å². The number of nitrogens with one attached hydrogen (secondary N) is 1. The van der Waals surface area contributed by atoms with Crippen LogP contribution in [0.3, 0.4) is 0 Å². The molecular weight excluding hydrogens is 366 g/mol. The summed E-state index contributed by atoms with van der Waals surface area (Å²) in [6.45, 7) is 2.77. The Bertz CT molecular complexity index is 966. The van der Waals surface area contributed by atoms with Gasteiger partial charge in [-0.2, -0.15) is 0 Å². The molecule has 0 fully saturated rings. The molecule has 9 heteroatoms. The Balaban J connectivity index is 1.55. The zero-order valence-electron chi connectivity index (χ0n) is 14.6. The Hall–Kier alpha value is -4.01. The Labute approximate surface area is 159 Å². The van der Waals surface area contributed by atoms with Crippen molar-refractivity contribution in [3.8, 4) is 0 Å². The van der Waals surface area contributed by atoms with Gasteiger partial charge in [-0.15, -0.1) is 0 Å².